The van der Waals surface area contributed by atoms with Crippen LogP contribution in [0, 0.1) is 6.92 Å². The van der Waals surface area contributed by atoms with Crippen molar-refractivity contribution in [2.75, 3.05) is 0 Å². The standard InChI is InChI=1S/C15H13N3O2/c1-10-8-11(5-6-13(10)19)15-17-14(18-20-15)9-12-4-2-3-7-16-12/h2-8,19H,9H2,1H3. The van der Waals surface area contributed by atoms with Crippen LogP contribution >= 0.6 is 0 Å². The van der Waals surface area contributed by atoms with Crippen LogP contribution in [0.25, 0.3) is 11.5 Å². The monoisotopic (exact) mass is 267 g/mol. The molecule has 0 fully saturated rings. The van der Waals surface area contributed by atoms with E-state index in [2.05, 4.69) is 15.1 Å². The van der Waals surface area contributed by atoms with Gasteiger partial charge in [-0.1, -0.05) is 11.2 Å². The van der Waals surface area contributed by atoms with Gasteiger partial charge in [0.05, 0.1) is 6.42 Å². The molecule has 0 aliphatic heterocycles. The number of benzene rings is 1. The van der Waals surface area contributed by atoms with Gasteiger partial charge in [0.2, 0.25) is 0 Å². The summed E-state index contributed by atoms with van der Waals surface area (Å²) < 4.78 is 5.25. The van der Waals surface area contributed by atoms with Crippen molar-refractivity contribution in [3.63, 3.8) is 0 Å². The number of rotatable bonds is 3. The van der Waals surface area contributed by atoms with Gasteiger partial charge in [-0.15, -0.1) is 0 Å². The summed E-state index contributed by atoms with van der Waals surface area (Å²) in [6.45, 7) is 1.82. The van der Waals surface area contributed by atoms with E-state index in [1.54, 1.807) is 18.3 Å². The van der Waals surface area contributed by atoms with Crippen molar-refractivity contribution in [1.29, 1.82) is 0 Å². The molecule has 0 radical (unpaired) electrons. The molecule has 0 spiro atoms. The van der Waals surface area contributed by atoms with Crippen molar-refractivity contribution in [2.45, 2.75) is 13.3 Å². The second kappa shape index (κ2) is 5.13. The van der Waals surface area contributed by atoms with Gasteiger partial charge < -0.3 is 9.63 Å². The third-order valence-corrected chi connectivity index (χ3v) is 2.98. The van der Waals surface area contributed by atoms with E-state index in [1.807, 2.05) is 31.2 Å². The Labute approximate surface area is 115 Å². The van der Waals surface area contributed by atoms with Gasteiger partial charge >= 0.3 is 0 Å². The second-order valence-corrected chi connectivity index (χ2v) is 4.51. The van der Waals surface area contributed by atoms with Crippen molar-refractivity contribution < 1.29 is 9.63 Å². The van der Waals surface area contributed by atoms with E-state index in [0.717, 1.165) is 16.8 Å². The molecule has 0 aliphatic carbocycles. The number of aromatic nitrogens is 3. The number of hydrogen-bond acceptors (Lipinski definition) is 5. The Morgan fingerprint density at radius 1 is 1.20 bits per heavy atom. The van der Waals surface area contributed by atoms with Crippen LogP contribution in [-0.4, -0.2) is 20.2 Å². The van der Waals surface area contributed by atoms with Crippen LogP contribution in [-0.2, 0) is 6.42 Å². The smallest absolute Gasteiger partial charge is 0.257 e. The lowest BCUT2D eigenvalue weighted by Gasteiger charge is -1.99. The van der Waals surface area contributed by atoms with Crippen molar-refractivity contribution >= 4 is 0 Å². The van der Waals surface area contributed by atoms with Crippen LogP contribution in [0.4, 0.5) is 0 Å². The number of aryl methyl sites for hydroxylation is 1. The lowest BCUT2D eigenvalue weighted by molar-refractivity contribution is 0.423. The van der Waals surface area contributed by atoms with Crippen molar-refractivity contribution in [2.24, 2.45) is 0 Å². The highest BCUT2D eigenvalue weighted by molar-refractivity contribution is 5.56. The third kappa shape index (κ3) is 2.51. The quantitative estimate of drug-likeness (QED) is 0.790. The SMILES string of the molecule is Cc1cc(-c2nc(Cc3ccccn3)no2)ccc1O. The average Bonchev–Trinajstić information content (AvgIpc) is 2.91. The normalized spacial score (nSPS) is 10.7. The molecule has 0 bridgehead atoms. The molecule has 3 rings (SSSR count). The first kappa shape index (κ1) is 12.3. The van der Waals surface area contributed by atoms with Crippen LogP contribution < -0.4 is 0 Å². The topological polar surface area (TPSA) is 72.0 Å². The molecule has 5 nitrogen and oxygen atoms in total. The average molecular weight is 267 g/mol. The molecule has 1 N–H and O–H groups in total. The van der Waals surface area contributed by atoms with E-state index in [-0.39, 0.29) is 5.75 Å². The Balaban J connectivity index is 1.84. The third-order valence-electron chi connectivity index (χ3n) is 2.98. The van der Waals surface area contributed by atoms with Gasteiger partial charge in [0, 0.05) is 17.5 Å². The number of phenolic OH excluding ortho intramolecular Hbond substituents is 1. The van der Waals surface area contributed by atoms with E-state index in [9.17, 15) is 5.11 Å². The number of pyridine rings is 1. The first-order chi connectivity index (χ1) is 9.72. The molecule has 2 heterocycles. The zero-order valence-corrected chi connectivity index (χ0v) is 10.9. The summed E-state index contributed by atoms with van der Waals surface area (Å²) in [4.78, 5) is 8.57. The minimum Gasteiger partial charge on any atom is -0.508 e. The molecular formula is C15H13N3O2. The molecule has 2 aromatic heterocycles. The van der Waals surface area contributed by atoms with Gasteiger partial charge in [-0.25, -0.2) is 0 Å². The molecule has 0 saturated heterocycles. The first-order valence-electron chi connectivity index (χ1n) is 6.25. The molecule has 0 aliphatic rings. The van der Waals surface area contributed by atoms with Crippen LogP contribution in [0.2, 0.25) is 0 Å². The van der Waals surface area contributed by atoms with Crippen LogP contribution in [0.5, 0.6) is 5.75 Å². The Hall–Kier alpha value is -2.69. The highest BCUT2D eigenvalue weighted by Crippen LogP contribution is 2.24. The highest BCUT2D eigenvalue weighted by atomic mass is 16.5. The van der Waals surface area contributed by atoms with E-state index in [4.69, 9.17) is 4.52 Å². The lowest BCUT2D eigenvalue weighted by Crippen LogP contribution is -1.93. The molecule has 5 heteroatoms. The molecule has 0 atom stereocenters. The van der Waals surface area contributed by atoms with E-state index >= 15 is 0 Å². The number of phenols is 1. The minimum atomic E-state index is 0.252. The van der Waals surface area contributed by atoms with Gasteiger partial charge in [-0.3, -0.25) is 4.98 Å². The van der Waals surface area contributed by atoms with Crippen molar-refractivity contribution in [3.8, 4) is 17.2 Å². The largest absolute Gasteiger partial charge is 0.508 e. The van der Waals surface area contributed by atoms with Crippen LogP contribution in [0.1, 0.15) is 17.1 Å². The summed E-state index contributed by atoms with van der Waals surface area (Å²) in [7, 11) is 0. The fraction of sp³-hybridized carbons (Fsp3) is 0.133. The Morgan fingerprint density at radius 3 is 2.85 bits per heavy atom. The number of hydrogen-bond donors (Lipinski definition) is 1. The Bertz CT molecular complexity index is 723. The van der Waals surface area contributed by atoms with Crippen molar-refractivity contribution in [1.82, 2.24) is 15.1 Å². The van der Waals surface area contributed by atoms with Crippen LogP contribution in [0.3, 0.4) is 0 Å². The van der Waals surface area contributed by atoms with E-state index in [1.165, 1.54) is 0 Å². The zero-order chi connectivity index (χ0) is 13.9. The summed E-state index contributed by atoms with van der Waals surface area (Å²) in [6.07, 6.45) is 2.26. The van der Waals surface area contributed by atoms with Gasteiger partial charge in [0.1, 0.15) is 5.75 Å². The van der Waals surface area contributed by atoms with Crippen molar-refractivity contribution in [3.05, 3.63) is 59.7 Å². The van der Waals surface area contributed by atoms with Gasteiger partial charge in [-0.2, -0.15) is 4.98 Å². The lowest BCUT2D eigenvalue weighted by atomic mass is 10.1. The molecule has 0 unspecified atom stereocenters. The van der Waals surface area contributed by atoms with Gasteiger partial charge in [-0.05, 0) is 42.8 Å². The summed E-state index contributed by atoms with van der Waals surface area (Å²) in [5.41, 5.74) is 2.45. The molecule has 1 aromatic carbocycles. The maximum Gasteiger partial charge on any atom is 0.257 e. The molecule has 0 saturated carbocycles. The zero-order valence-electron chi connectivity index (χ0n) is 10.9. The second-order valence-electron chi connectivity index (χ2n) is 4.51. The summed E-state index contributed by atoms with van der Waals surface area (Å²) in [5, 5.41) is 13.5. The number of nitrogens with zero attached hydrogens (tertiary/aromatic N) is 3. The fourth-order valence-corrected chi connectivity index (χ4v) is 1.90. The maximum absolute atomic E-state index is 9.52. The predicted octanol–water partition coefficient (Wildman–Crippen LogP) is 2.74. The maximum atomic E-state index is 9.52. The molecule has 0 amide bonds. The fourth-order valence-electron chi connectivity index (χ4n) is 1.90. The highest BCUT2D eigenvalue weighted by Gasteiger charge is 2.10. The van der Waals surface area contributed by atoms with E-state index < -0.39 is 0 Å². The van der Waals surface area contributed by atoms with Gasteiger partial charge in [0.15, 0.2) is 5.82 Å². The van der Waals surface area contributed by atoms with E-state index in [0.29, 0.717) is 18.1 Å². The molecular weight excluding hydrogens is 254 g/mol. The van der Waals surface area contributed by atoms with Crippen LogP contribution in [0.15, 0.2) is 47.1 Å². The minimum absolute atomic E-state index is 0.252. The summed E-state index contributed by atoms with van der Waals surface area (Å²) in [5.74, 6) is 1.28. The number of aromatic hydroxyl groups is 1. The summed E-state index contributed by atoms with van der Waals surface area (Å²) >= 11 is 0. The Morgan fingerprint density at radius 2 is 2.10 bits per heavy atom. The summed E-state index contributed by atoms with van der Waals surface area (Å²) in [6, 6.07) is 10.9. The van der Waals surface area contributed by atoms with Gasteiger partial charge in [0.25, 0.3) is 5.89 Å². The molecule has 3 aromatic rings. The predicted molar refractivity (Wildman–Crippen MR) is 73.2 cm³/mol. The first-order valence-corrected chi connectivity index (χ1v) is 6.25. The molecule has 20 heavy (non-hydrogen) atoms. The Kier molecular flexibility index (Phi) is 3.16. The molecule has 100 valence electrons.